The van der Waals surface area contributed by atoms with Gasteiger partial charge in [0.05, 0.1) is 11.1 Å². The largest absolute Gasteiger partial charge is 0.482 e. The number of halogens is 1. The molecule has 2 aromatic rings. The number of benzene rings is 2. The van der Waals surface area contributed by atoms with Crippen molar-refractivity contribution >= 4 is 34.8 Å². The van der Waals surface area contributed by atoms with E-state index < -0.39 is 5.41 Å². The van der Waals surface area contributed by atoms with E-state index in [9.17, 15) is 9.59 Å². The minimum atomic E-state index is -0.514. The van der Waals surface area contributed by atoms with Crippen molar-refractivity contribution < 1.29 is 14.3 Å². The molecule has 1 aliphatic carbocycles. The van der Waals surface area contributed by atoms with Crippen LogP contribution in [0.2, 0.25) is 5.02 Å². The van der Waals surface area contributed by atoms with Crippen molar-refractivity contribution in [1.29, 1.82) is 0 Å². The maximum Gasteiger partial charge on any atom is 0.262 e. The van der Waals surface area contributed by atoms with Crippen molar-refractivity contribution in [3.63, 3.8) is 0 Å². The third kappa shape index (κ3) is 2.85. The monoisotopic (exact) mass is 356 g/mol. The van der Waals surface area contributed by atoms with Crippen LogP contribution in [-0.2, 0) is 15.0 Å². The van der Waals surface area contributed by atoms with Crippen molar-refractivity contribution in [2.45, 2.75) is 24.7 Å². The number of hydrogen-bond acceptors (Lipinski definition) is 3. The van der Waals surface area contributed by atoms with Crippen LogP contribution in [0, 0.1) is 0 Å². The number of fused-ring (bicyclic) bond motifs is 1. The van der Waals surface area contributed by atoms with Crippen LogP contribution in [0.3, 0.4) is 0 Å². The molecule has 2 amide bonds. The van der Waals surface area contributed by atoms with Gasteiger partial charge in [0.25, 0.3) is 5.91 Å². The molecule has 0 atom stereocenters. The Kier molecular flexibility index (Phi) is 3.88. The van der Waals surface area contributed by atoms with Gasteiger partial charge < -0.3 is 15.4 Å². The Balaban J connectivity index is 1.58. The molecule has 0 radical (unpaired) electrons. The van der Waals surface area contributed by atoms with Gasteiger partial charge >= 0.3 is 0 Å². The average molecular weight is 357 g/mol. The van der Waals surface area contributed by atoms with Gasteiger partial charge in [-0.3, -0.25) is 9.59 Å². The summed E-state index contributed by atoms with van der Waals surface area (Å²) in [4.78, 5) is 24.4. The molecule has 0 saturated heterocycles. The Hall–Kier alpha value is -2.53. The first-order valence-corrected chi connectivity index (χ1v) is 8.59. The van der Waals surface area contributed by atoms with E-state index in [0.29, 0.717) is 22.1 Å². The van der Waals surface area contributed by atoms with E-state index in [-0.39, 0.29) is 18.4 Å². The van der Waals surface area contributed by atoms with Crippen LogP contribution in [0.25, 0.3) is 0 Å². The highest BCUT2D eigenvalue weighted by Crippen LogP contribution is 2.45. The van der Waals surface area contributed by atoms with Crippen molar-refractivity contribution in [3.05, 3.63) is 53.1 Å². The number of hydrogen-bond donors (Lipinski definition) is 2. The van der Waals surface area contributed by atoms with E-state index in [1.807, 2.05) is 24.3 Å². The van der Waals surface area contributed by atoms with Gasteiger partial charge in [-0.1, -0.05) is 30.2 Å². The quantitative estimate of drug-likeness (QED) is 0.880. The Morgan fingerprint density at radius 3 is 2.60 bits per heavy atom. The summed E-state index contributed by atoms with van der Waals surface area (Å²) >= 11 is 5.96. The van der Waals surface area contributed by atoms with Crippen molar-refractivity contribution in [3.8, 4) is 5.75 Å². The second kappa shape index (κ2) is 6.08. The predicted octanol–water partition coefficient (Wildman–Crippen LogP) is 3.73. The van der Waals surface area contributed by atoms with Crippen molar-refractivity contribution in [2.24, 2.45) is 0 Å². The molecule has 0 bridgehead atoms. The third-order valence-electron chi connectivity index (χ3n) is 4.91. The summed E-state index contributed by atoms with van der Waals surface area (Å²) in [5.41, 5.74) is 1.67. The highest BCUT2D eigenvalue weighted by Gasteiger charge is 2.45. The molecule has 0 spiro atoms. The number of anilines is 2. The first-order chi connectivity index (χ1) is 12.1. The number of rotatable bonds is 3. The topological polar surface area (TPSA) is 67.4 Å². The summed E-state index contributed by atoms with van der Waals surface area (Å²) in [5, 5.41) is 6.39. The Labute approximate surface area is 150 Å². The van der Waals surface area contributed by atoms with Crippen molar-refractivity contribution in [2.75, 3.05) is 17.2 Å². The zero-order valence-corrected chi connectivity index (χ0v) is 14.2. The Bertz CT molecular complexity index is 844. The summed E-state index contributed by atoms with van der Waals surface area (Å²) in [6.07, 6.45) is 2.64. The van der Waals surface area contributed by atoms with Crippen LogP contribution in [0.5, 0.6) is 5.75 Å². The van der Waals surface area contributed by atoms with Crippen LogP contribution in [0.1, 0.15) is 24.8 Å². The fourth-order valence-electron chi connectivity index (χ4n) is 3.36. The molecule has 6 heteroatoms. The van der Waals surface area contributed by atoms with E-state index in [4.69, 9.17) is 16.3 Å². The molecule has 4 rings (SSSR count). The first-order valence-electron chi connectivity index (χ1n) is 8.21. The van der Waals surface area contributed by atoms with E-state index in [0.717, 1.165) is 24.8 Å². The van der Waals surface area contributed by atoms with Gasteiger partial charge in [0.1, 0.15) is 5.75 Å². The molecule has 2 aliphatic rings. The lowest BCUT2D eigenvalue weighted by atomic mass is 9.64. The van der Waals surface area contributed by atoms with Crippen molar-refractivity contribution in [1.82, 2.24) is 0 Å². The Morgan fingerprint density at radius 1 is 1.16 bits per heavy atom. The Morgan fingerprint density at radius 2 is 1.92 bits per heavy atom. The molecule has 1 aliphatic heterocycles. The van der Waals surface area contributed by atoms with Crippen LogP contribution in [0.4, 0.5) is 11.4 Å². The standard InChI is InChI=1S/C19H17ClN2O3/c20-13-4-2-12(3-5-13)19(8-1-9-19)18(24)21-14-6-7-16-15(10-14)22-17(23)11-25-16/h2-7,10H,1,8-9,11H2,(H,21,24)(H,22,23). The fraction of sp³-hybridized carbons (Fsp3) is 0.263. The number of carbonyl (C=O) groups is 2. The molecule has 1 heterocycles. The van der Waals surface area contributed by atoms with Gasteiger partial charge in [-0.25, -0.2) is 0 Å². The number of carbonyl (C=O) groups excluding carboxylic acids is 2. The van der Waals surface area contributed by atoms with Gasteiger partial charge in [-0.15, -0.1) is 0 Å². The van der Waals surface area contributed by atoms with Gasteiger partial charge in [0, 0.05) is 10.7 Å². The molecule has 1 fully saturated rings. The first kappa shape index (κ1) is 16.0. The molecule has 5 nitrogen and oxygen atoms in total. The van der Waals surface area contributed by atoms with Gasteiger partial charge in [-0.2, -0.15) is 0 Å². The summed E-state index contributed by atoms with van der Waals surface area (Å²) in [6.45, 7) is 0.0123. The van der Waals surface area contributed by atoms with Gasteiger partial charge in [0.2, 0.25) is 5.91 Å². The molecule has 0 aromatic heterocycles. The number of ether oxygens (including phenoxy) is 1. The molecule has 0 unspecified atom stereocenters. The second-order valence-corrected chi connectivity index (χ2v) is 6.88. The van der Waals surface area contributed by atoms with E-state index in [1.54, 1.807) is 18.2 Å². The predicted molar refractivity (Wildman–Crippen MR) is 96.2 cm³/mol. The minimum absolute atomic E-state index is 0.0123. The van der Waals surface area contributed by atoms with E-state index in [1.165, 1.54) is 0 Å². The summed E-state index contributed by atoms with van der Waals surface area (Å²) in [5.74, 6) is 0.366. The third-order valence-corrected chi connectivity index (χ3v) is 5.16. The van der Waals surface area contributed by atoms with Gasteiger partial charge in [0.15, 0.2) is 6.61 Å². The minimum Gasteiger partial charge on any atom is -0.482 e. The SMILES string of the molecule is O=C1COc2ccc(NC(=O)C3(c4ccc(Cl)cc4)CCC3)cc2N1. The smallest absolute Gasteiger partial charge is 0.262 e. The maximum absolute atomic E-state index is 13.0. The van der Waals surface area contributed by atoms with Crippen LogP contribution in [-0.4, -0.2) is 18.4 Å². The second-order valence-electron chi connectivity index (χ2n) is 6.44. The average Bonchev–Trinajstić information content (AvgIpc) is 2.55. The van der Waals surface area contributed by atoms with Crippen LogP contribution >= 0.6 is 11.6 Å². The van der Waals surface area contributed by atoms with Crippen LogP contribution in [0.15, 0.2) is 42.5 Å². The summed E-state index contributed by atoms with van der Waals surface area (Å²) in [6, 6.07) is 12.7. The normalized spacial score (nSPS) is 17.6. The summed E-state index contributed by atoms with van der Waals surface area (Å²) < 4.78 is 5.34. The number of nitrogens with one attached hydrogen (secondary N) is 2. The zero-order valence-electron chi connectivity index (χ0n) is 13.5. The molecular weight excluding hydrogens is 340 g/mol. The lowest BCUT2D eigenvalue weighted by molar-refractivity contribution is -0.124. The molecular formula is C19H17ClN2O3. The lowest BCUT2D eigenvalue weighted by Gasteiger charge is -2.40. The lowest BCUT2D eigenvalue weighted by Crippen LogP contribution is -2.46. The molecule has 2 N–H and O–H groups in total. The number of amides is 2. The molecule has 128 valence electrons. The van der Waals surface area contributed by atoms with Gasteiger partial charge in [-0.05, 0) is 48.7 Å². The van der Waals surface area contributed by atoms with E-state index in [2.05, 4.69) is 10.6 Å². The summed E-state index contributed by atoms with van der Waals surface area (Å²) in [7, 11) is 0. The molecule has 2 aromatic carbocycles. The highest BCUT2D eigenvalue weighted by atomic mass is 35.5. The van der Waals surface area contributed by atoms with Crippen LogP contribution < -0.4 is 15.4 Å². The fourth-order valence-corrected chi connectivity index (χ4v) is 3.48. The molecule has 1 saturated carbocycles. The maximum atomic E-state index is 13.0. The molecule has 25 heavy (non-hydrogen) atoms. The zero-order chi connectivity index (χ0) is 17.4. The van der Waals surface area contributed by atoms with E-state index >= 15 is 0 Å². The highest BCUT2D eigenvalue weighted by molar-refractivity contribution is 6.30.